The number of aliphatic hydroxyl groups is 1. The standard InChI is InChI=1S/C29H41F3N4O4S/c1-2-33-22-17-23(27(30)25(18-22)36-14-6-7-15-41(36,39)40)28(38)35-24(16-20-8-4-3-5-9-20)26(37)19-34-21-10-12-29(31,32)13-11-21/h3-5,8-9,17-18,21,24,26,33-34,37,39-40H,2,6-7,10-16,19H2,1H3,(H,35,38). The quantitative estimate of drug-likeness (QED) is 0.205. The third-order valence-electron chi connectivity index (χ3n) is 7.74. The van der Waals surface area contributed by atoms with Crippen LogP contribution in [-0.2, 0) is 6.42 Å². The van der Waals surface area contributed by atoms with E-state index in [1.165, 1.54) is 16.4 Å². The van der Waals surface area contributed by atoms with Gasteiger partial charge in [0.15, 0.2) is 5.82 Å². The molecule has 2 atom stereocenters. The van der Waals surface area contributed by atoms with Crippen molar-refractivity contribution in [2.45, 2.75) is 76.0 Å². The van der Waals surface area contributed by atoms with Gasteiger partial charge in [-0.1, -0.05) is 30.3 Å². The number of nitrogens with one attached hydrogen (secondary N) is 3. The van der Waals surface area contributed by atoms with Crippen molar-refractivity contribution in [2.24, 2.45) is 0 Å². The zero-order chi connectivity index (χ0) is 29.6. The molecular weight excluding hydrogens is 557 g/mol. The number of carbonyl (C=O) groups excluding carboxylic acids is 1. The molecule has 12 heteroatoms. The van der Waals surface area contributed by atoms with Crippen molar-refractivity contribution in [2.75, 3.05) is 35.0 Å². The Kier molecular flexibility index (Phi) is 10.5. The maximum absolute atomic E-state index is 15.9. The van der Waals surface area contributed by atoms with Crippen molar-refractivity contribution in [3.63, 3.8) is 0 Å². The van der Waals surface area contributed by atoms with Crippen LogP contribution in [0.1, 0.15) is 61.4 Å². The molecule has 0 aromatic heterocycles. The van der Waals surface area contributed by atoms with Gasteiger partial charge in [0.2, 0.25) is 5.92 Å². The van der Waals surface area contributed by atoms with Crippen LogP contribution in [0.15, 0.2) is 42.5 Å². The second-order valence-electron chi connectivity index (χ2n) is 10.9. The molecule has 41 heavy (non-hydrogen) atoms. The number of rotatable bonds is 11. The summed E-state index contributed by atoms with van der Waals surface area (Å²) in [6, 6.07) is 11.1. The van der Waals surface area contributed by atoms with Crippen LogP contribution in [-0.4, -0.2) is 69.6 Å². The molecular formula is C29H41F3N4O4S. The molecule has 0 bridgehead atoms. The monoisotopic (exact) mass is 598 g/mol. The Morgan fingerprint density at radius 3 is 2.51 bits per heavy atom. The smallest absolute Gasteiger partial charge is 0.254 e. The molecule has 1 saturated carbocycles. The Balaban J connectivity index is 1.56. The van der Waals surface area contributed by atoms with Crippen LogP contribution in [0.25, 0.3) is 0 Å². The van der Waals surface area contributed by atoms with Gasteiger partial charge < -0.3 is 21.1 Å². The summed E-state index contributed by atoms with van der Waals surface area (Å²) in [5, 5.41) is 20.2. The van der Waals surface area contributed by atoms with E-state index in [4.69, 9.17) is 0 Å². The predicted molar refractivity (Wildman–Crippen MR) is 157 cm³/mol. The summed E-state index contributed by atoms with van der Waals surface area (Å²) in [5.41, 5.74) is 0.945. The summed E-state index contributed by atoms with van der Waals surface area (Å²) in [6.45, 7) is 2.65. The van der Waals surface area contributed by atoms with Crippen molar-refractivity contribution in [3.8, 4) is 0 Å². The highest BCUT2D eigenvalue weighted by Crippen LogP contribution is 2.51. The first kappa shape index (κ1) is 31.4. The normalized spacial score (nSPS) is 21.1. The maximum atomic E-state index is 15.9. The molecule has 0 radical (unpaired) electrons. The molecule has 0 spiro atoms. The van der Waals surface area contributed by atoms with E-state index >= 15 is 4.39 Å². The lowest BCUT2D eigenvalue weighted by molar-refractivity contribution is -0.0412. The fraction of sp³-hybridized carbons (Fsp3) is 0.552. The van der Waals surface area contributed by atoms with E-state index < -0.39 is 40.6 Å². The number of amides is 1. The highest BCUT2D eigenvalue weighted by Gasteiger charge is 2.36. The molecule has 2 aliphatic rings. The van der Waals surface area contributed by atoms with Crippen molar-refractivity contribution in [3.05, 3.63) is 59.4 Å². The minimum atomic E-state index is -3.24. The SMILES string of the molecule is CCNc1cc(C(=O)NC(Cc2ccccc2)C(O)CNC2CCC(F)(F)CC2)c(F)c(N2CCCCS2(O)O)c1. The molecule has 1 aliphatic carbocycles. The first-order valence-electron chi connectivity index (χ1n) is 14.2. The van der Waals surface area contributed by atoms with E-state index in [2.05, 4.69) is 16.0 Å². The fourth-order valence-corrected chi connectivity index (χ4v) is 7.10. The first-order chi connectivity index (χ1) is 19.5. The van der Waals surface area contributed by atoms with E-state index in [1.54, 1.807) is 0 Å². The first-order valence-corrected chi connectivity index (χ1v) is 15.9. The topological polar surface area (TPSA) is 117 Å². The number of carbonyl (C=O) groups is 1. The Hall–Kier alpha value is -2.51. The Morgan fingerprint density at radius 1 is 1.15 bits per heavy atom. The van der Waals surface area contributed by atoms with E-state index in [0.717, 1.165) is 5.56 Å². The Morgan fingerprint density at radius 2 is 1.85 bits per heavy atom. The Bertz CT molecular complexity index is 1160. The van der Waals surface area contributed by atoms with Gasteiger partial charge in [-0.25, -0.2) is 13.2 Å². The van der Waals surface area contributed by atoms with Crippen LogP contribution < -0.4 is 20.3 Å². The van der Waals surface area contributed by atoms with E-state index in [0.29, 0.717) is 25.1 Å². The van der Waals surface area contributed by atoms with Gasteiger partial charge in [-0.05, 0) is 56.7 Å². The largest absolute Gasteiger partial charge is 0.390 e. The average Bonchev–Trinajstić information content (AvgIpc) is 2.93. The number of benzene rings is 2. The van der Waals surface area contributed by atoms with Gasteiger partial charge >= 0.3 is 0 Å². The molecule has 1 aliphatic heterocycles. The summed E-state index contributed by atoms with van der Waals surface area (Å²) in [6.07, 6.45) is 0.581. The van der Waals surface area contributed by atoms with E-state index in [-0.39, 0.29) is 68.2 Å². The van der Waals surface area contributed by atoms with Crippen molar-refractivity contribution >= 4 is 28.1 Å². The molecule has 2 fully saturated rings. The lowest BCUT2D eigenvalue weighted by Crippen LogP contribution is -2.51. The fourth-order valence-electron chi connectivity index (χ4n) is 5.42. The van der Waals surface area contributed by atoms with Gasteiger partial charge in [-0.3, -0.25) is 18.2 Å². The minimum absolute atomic E-state index is 0.0634. The summed E-state index contributed by atoms with van der Waals surface area (Å²) in [5.74, 6) is -4.17. The van der Waals surface area contributed by atoms with Crippen molar-refractivity contribution in [1.82, 2.24) is 10.6 Å². The molecule has 2 aromatic carbocycles. The summed E-state index contributed by atoms with van der Waals surface area (Å²) < 4.78 is 65.6. The van der Waals surface area contributed by atoms with E-state index in [9.17, 15) is 27.8 Å². The van der Waals surface area contributed by atoms with Gasteiger partial charge in [0.25, 0.3) is 5.91 Å². The summed E-state index contributed by atoms with van der Waals surface area (Å²) >= 11 is 0. The predicted octanol–water partition coefficient (Wildman–Crippen LogP) is 5.39. The van der Waals surface area contributed by atoms with E-state index in [1.807, 2.05) is 37.3 Å². The molecule has 1 amide bonds. The van der Waals surface area contributed by atoms with Gasteiger partial charge in [0, 0.05) is 44.2 Å². The number of halogens is 3. The van der Waals surface area contributed by atoms with Gasteiger partial charge in [0.1, 0.15) is 0 Å². The summed E-state index contributed by atoms with van der Waals surface area (Å²) in [4.78, 5) is 13.6. The highest BCUT2D eigenvalue weighted by atomic mass is 32.3. The van der Waals surface area contributed by atoms with Gasteiger partial charge in [0.05, 0.1) is 29.1 Å². The molecule has 8 nitrogen and oxygen atoms in total. The molecule has 228 valence electrons. The highest BCUT2D eigenvalue weighted by molar-refractivity contribution is 8.25. The number of nitrogens with zero attached hydrogens (tertiary/aromatic N) is 1. The van der Waals surface area contributed by atoms with Crippen LogP contribution in [0.4, 0.5) is 24.5 Å². The van der Waals surface area contributed by atoms with Crippen molar-refractivity contribution in [1.29, 1.82) is 0 Å². The van der Waals surface area contributed by atoms with Crippen LogP contribution >= 0.6 is 10.8 Å². The molecule has 4 rings (SSSR count). The van der Waals surface area contributed by atoms with Crippen LogP contribution in [0.5, 0.6) is 0 Å². The second-order valence-corrected chi connectivity index (χ2v) is 13.0. The molecule has 6 N–H and O–H groups in total. The van der Waals surface area contributed by atoms with Crippen LogP contribution in [0.2, 0.25) is 0 Å². The van der Waals surface area contributed by atoms with Gasteiger partial charge in [-0.15, -0.1) is 10.8 Å². The number of alkyl halides is 2. The zero-order valence-electron chi connectivity index (χ0n) is 23.3. The lowest BCUT2D eigenvalue weighted by Gasteiger charge is -2.47. The molecule has 2 aromatic rings. The Labute approximate surface area is 241 Å². The maximum Gasteiger partial charge on any atom is 0.254 e. The lowest BCUT2D eigenvalue weighted by atomic mass is 9.92. The molecule has 1 heterocycles. The number of anilines is 2. The van der Waals surface area contributed by atoms with Crippen LogP contribution in [0.3, 0.4) is 0 Å². The van der Waals surface area contributed by atoms with Gasteiger partial charge in [-0.2, -0.15) is 0 Å². The summed E-state index contributed by atoms with van der Waals surface area (Å²) in [7, 11) is -3.24. The van der Waals surface area contributed by atoms with Crippen LogP contribution in [0, 0.1) is 5.82 Å². The molecule has 2 unspecified atom stereocenters. The zero-order valence-corrected chi connectivity index (χ0v) is 24.1. The third kappa shape index (κ3) is 8.29. The molecule has 1 saturated heterocycles. The number of hydrogen-bond donors (Lipinski definition) is 6. The average molecular weight is 599 g/mol. The minimum Gasteiger partial charge on any atom is -0.390 e. The second kappa shape index (κ2) is 13.6. The third-order valence-corrected chi connectivity index (χ3v) is 9.66. The number of aliphatic hydroxyl groups excluding tert-OH is 1. The number of hydrogen-bond acceptors (Lipinski definition) is 7. The van der Waals surface area contributed by atoms with Crippen molar-refractivity contribution < 1.29 is 32.2 Å².